The van der Waals surface area contributed by atoms with Crippen LogP contribution >= 0.6 is 0 Å². The molecule has 2 N–H and O–H groups in total. The van der Waals surface area contributed by atoms with E-state index in [0.717, 1.165) is 0 Å². The van der Waals surface area contributed by atoms with E-state index in [9.17, 15) is 8.42 Å². The Morgan fingerprint density at radius 2 is 2.06 bits per heavy atom. The van der Waals surface area contributed by atoms with Crippen LogP contribution in [-0.2, 0) is 14.6 Å². The van der Waals surface area contributed by atoms with Crippen LogP contribution in [0.1, 0.15) is 19.3 Å². The highest BCUT2D eigenvalue weighted by atomic mass is 32.2. The van der Waals surface area contributed by atoms with Gasteiger partial charge in [0, 0.05) is 25.9 Å². The van der Waals surface area contributed by atoms with Crippen molar-refractivity contribution in [3.05, 3.63) is 0 Å². The lowest BCUT2D eigenvalue weighted by Crippen LogP contribution is -2.39. The first kappa shape index (κ1) is 13.9. The lowest BCUT2D eigenvalue weighted by molar-refractivity contribution is 0.0983. The number of rotatable bonds is 6. The molecular formula is C10H21NO4S. The molecule has 0 aromatic heterocycles. The second-order valence-corrected chi connectivity index (χ2v) is 6.46. The monoisotopic (exact) mass is 251 g/mol. The zero-order chi connectivity index (χ0) is 12.0. The first-order chi connectivity index (χ1) is 7.60. The van der Waals surface area contributed by atoms with Crippen molar-refractivity contribution in [3.8, 4) is 0 Å². The first-order valence-electron chi connectivity index (χ1n) is 5.67. The minimum atomic E-state index is -3.07. The highest BCUT2D eigenvalue weighted by Crippen LogP contribution is 2.17. The van der Waals surface area contributed by atoms with Gasteiger partial charge in [-0.15, -0.1) is 0 Å². The summed E-state index contributed by atoms with van der Waals surface area (Å²) in [5, 5.41) is 11.5. The highest BCUT2D eigenvalue weighted by molar-refractivity contribution is 7.92. The molecule has 96 valence electrons. The third-order valence-electron chi connectivity index (χ3n) is 3.00. The van der Waals surface area contributed by atoms with Crippen LogP contribution in [0.3, 0.4) is 0 Å². The molecule has 1 rings (SSSR count). The highest BCUT2D eigenvalue weighted by Gasteiger charge is 2.29. The molecule has 16 heavy (non-hydrogen) atoms. The molecule has 0 spiro atoms. The predicted molar refractivity (Wildman–Crippen MR) is 62.2 cm³/mol. The van der Waals surface area contributed by atoms with Gasteiger partial charge in [0.05, 0.1) is 11.0 Å². The summed E-state index contributed by atoms with van der Waals surface area (Å²) in [5.41, 5.74) is 0. The molecule has 0 aliphatic carbocycles. The van der Waals surface area contributed by atoms with Gasteiger partial charge < -0.3 is 15.2 Å². The van der Waals surface area contributed by atoms with Gasteiger partial charge in [-0.1, -0.05) is 0 Å². The van der Waals surface area contributed by atoms with Crippen molar-refractivity contribution in [2.24, 2.45) is 0 Å². The predicted octanol–water partition coefficient (Wildman–Crippen LogP) is -0.449. The van der Waals surface area contributed by atoms with Crippen LogP contribution in [-0.4, -0.2) is 57.4 Å². The molecule has 0 aromatic carbocycles. The molecule has 5 nitrogen and oxygen atoms in total. The van der Waals surface area contributed by atoms with Gasteiger partial charge in [-0.3, -0.25) is 0 Å². The van der Waals surface area contributed by atoms with Crippen molar-refractivity contribution in [2.75, 3.05) is 32.6 Å². The number of ether oxygens (including phenoxy) is 1. The van der Waals surface area contributed by atoms with E-state index >= 15 is 0 Å². The summed E-state index contributed by atoms with van der Waals surface area (Å²) in [5.74, 6) is 0.106. The van der Waals surface area contributed by atoms with Gasteiger partial charge in [0.15, 0.2) is 9.84 Å². The number of hydrogen-bond acceptors (Lipinski definition) is 5. The lowest BCUT2D eigenvalue weighted by Gasteiger charge is -2.24. The summed E-state index contributed by atoms with van der Waals surface area (Å²) in [4.78, 5) is 0. The Morgan fingerprint density at radius 1 is 1.44 bits per heavy atom. The van der Waals surface area contributed by atoms with E-state index in [1.54, 1.807) is 7.05 Å². The average molecular weight is 251 g/mol. The third kappa shape index (κ3) is 4.01. The summed E-state index contributed by atoms with van der Waals surface area (Å²) in [7, 11) is -1.35. The van der Waals surface area contributed by atoms with Gasteiger partial charge in [-0.25, -0.2) is 8.42 Å². The summed E-state index contributed by atoms with van der Waals surface area (Å²) < 4.78 is 29.3. The van der Waals surface area contributed by atoms with Crippen molar-refractivity contribution in [1.29, 1.82) is 0 Å². The maximum Gasteiger partial charge on any atom is 0.154 e. The molecule has 0 radical (unpaired) electrons. The van der Waals surface area contributed by atoms with Crippen LogP contribution in [0.25, 0.3) is 0 Å². The van der Waals surface area contributed by atoms with Gasteiger partial charge >= 0.3 is 0 Å². The fourth-order valence-electron chi connectivity index (χ4n) is 1.92. The second-order valence-electron chi connectivity index (χ2n) is 4.14. The third-order valence-corrected chi connectivity index (χ3v) is 5.35. The maximum absolute atomic E-state index is 12.1. The maximum atomic E-state index is 12.1. The number of aliphatic hydroxyl groups is 1. The normalized spacial score (nSPS) is 20.9. The van der Waals surface area contributed by atoms with E-state index in [4.69, 9.17) is 9.84 Å². The summed E-state index contributed by atoms with van der Waals surface area (Å²) in [6.07, 6.45) is 1.66. The van der Waals surface area contributed by atoms with Crippen LogP contribution in [0.4, 0.5) is 0 Å². The molecule has 0 amide bonds. The molecule has 1 aliphatic heterocycles. The van der Waals surface area contributed by atoms with Crippen LogP contribution in [0, 0.1) is 0 Å². The Balaban J connectivity index is 2.54. The van der Waals surface area contributed by atoms with Gasteiger partial charge in [0.25, 0.3) is 0 Å². The van der Waals surface area contributed by atoms with E-state index in [2.05, 4.69) is 5.32 Å². The SMILES string of the molecule is CNC(CCO)CS(=O)(=O)C1CCOCC1. The molecule has 1 atom stereocenters. The zero-order valence-electron chi connectivity index (χ0n) is 9.68. The smallest absolute Gasteiger partial charge is 0.154 e. The molecule has 1 saturated heterocycles. The zero-order valence-corrected chi connectivity index (χ0v) is 10.5. The fraction of sp³-hybridized carbons (Fsp3) is 1.00. The molecule has 0 saturated carbocycles. The van der Waals surface area contributed by atoms with E-state index < -0.39 is 9.84 Å². The molecular weight excluding hydrogens is 230 g/mol. The van der Waals surface area contributed by atoms with Crippen LogP contribution in [0.15, 0.2) is 0 Å². The van der Waals surface area contributed by atoms with Crippen molar-refractivity contribution in [2.45, 2.75) is 30.6 Å². The lowest BCUT2D eigenvalue weighted by atomic mass is 10.2. The average Bonchev–Trinajstić information content (AvgIpc) is 2.29. The molecule has 0 aromatic rings. The Hall–Kier alpha value is -0.170. The number of hydrogen-bond donors (Lipinski definition) is 2. The largest absolute Gasteiger partial charge is 0.396 e. The van der Waals surface area contributed by atoms with Gasteiger partial charge in [-0.2, -0.15) is 0 Å². The Kier molecular flexibility index (Phi) is 5.68. The van der Waals surface area contributed by atoms with Gasteiger partial charge in [0.1, 0.15) is 0 Å². The second kappa shape index (κ2) is 6.54. The molecule has 6 heteroatoms. The minimum absolute atomic E-state index is 0.00873. The van der Waals surface area contributed by atoms with Crippen LogP contribution in [0.2, 0.25) is 0 Å². The van der Waals surface area contributed by atoms with E-state index in [-0.39, 0.29) is 23.7 Å². The number of aliphatic hydroxyl groups excluding tert-OH is 1. The van der Waals surface area contributed by atoms with Crippen molar-refractivity contribution < 1.29 is 18.3 Å². The van der Waals surface area contributed by atoms with E-state index in [1.165, 1.54) is 0 Å². The van der Waals surface area contributed by atoms with E-state index in [0.29, 0.717) is 32.5 Å². The van der Waals surface area contributed by atoms with Crippen molar-refractivity contribution in [3.63, 3.8) is 0 Å². The minimum Gasteiger partial charge on any atom is -0.396 e. The van der Waals surface area contributed by atoms with Gasteiger partial charge in [0.2, 0.25) is 0 Å². The Bertz CT molecular complexity index is 285. The number of sulfone groups is 1. The summed E-state index contributed by atoms with van der Waals surface area (Å²) in [6, 6.07) is -0.155. The fourth-order valence-corrected chi connectivity index (χ4v) is 4.00. The Morgan fingerprint density at radius 3 is 2.56 bits per heavy atom. The molecule has 1 fully saturated rings. The summed E-state index contributed by atoms with van der Waals surface area (Å²) >= 11 is 0. The van der Waals surface area contributed by atoms with Crippen LogP contribution in [0.5, 0.6) is 0 Å². The molecule has 1 heterocycles. The Labute approximate surface area is 97.1 Å². The topological polar surface area (TPSA) is 75.6 Å². The molecule has 1 aliphatic rings. The first-order valence-corrected chi connectivity index (χ1v) is 7.39. The number of nitrogens with one attached hydrogen (secondary N) is 1. The van der Waals surface area contributed by atoms with Gasteiger partial charge in [-0.05, 0) is 26.3 Å². The molecule has 0 bridgehead atoms. The molecule has 1 unspecified atom stereocenters. The van der Waals surface area contributed by atoms with Crippen molar-refractivity contribution in [1.82, 2.24) is 5.32 Å². The van der Waals surface area contributed by atoms with Crippen LogP contribution < -0.4 is 5.32 Å². The quantitative estimate of drug-likeness (QED) is 0.669. The van der Waals surface area contributed by atoms with E-state index in [1.807, 2.05) is 0 Å². The van der Waals surface area contributed by atoms with Crippen molar-refractivity contribution >= 4 is 9.84 Å². The summed E-state index contributed by atoms with van der Waals surface area (Å²) in [6.45, 7) is 1.08. The standard InChI is InChI=1S/C10H21NO4S/c1-11-9(2-5-12)8-16(13,14)10-3-6-15-7-4-10/h9-12H,2-8H2,1H3.